The second kappa shape index (κ2) is 13.4. The van der Waals surface area contributed by atoms with E-state index in [1.54, 1.807) is 6.92 Å². The molecule has 2 atom stereocenters. The standard InChI is InChI=1S/C30H36F6O4/c1-3-5-21-11-10-20(16-38-21)18-6-8-19(9-7-18)22-12-13-25(29(34)26(22)31)40-30(35,36)17-39-24-15-14-23(37-4-2)27(32)28(24)33/h12-15,18-21H,3-11,16-17H2,1-2H3. The molecule has 4 nitrogen and oxygen atoms in total. The highest BCUT2D eigenvalue weighted by Crippen LogP contribution is 2.43. The number of alkyl halides is 2. The molecule has 4 rings (SSSR count). The van der Waals surface area contributed by atoms with Crippen LogP contribution in [0.1, 0.15) is 76.7 Å². The van der Waals surface area contributed by atoms with Crippen LogP contribution in [0, 0.1) is 35.1 Å². The first-order valence-electron chi connectivity index (χ1n) is 14.0. The van der Waals surface area contributed by atoms with Gasteiger partial charge in [-0.05, 0) is 93.4 Å². The van der Waals surface area contributed by atoms with Gasteiger partial charge in [-0.3, -0.25) is 0 Å². The van der Waals surface area contributed by atoms with Crippen LogP contribution in [0.2, 0.25) is 0 Å². The van der Waals surface area contributed by atoms with Crippen LogP contribution in [0.3, 0.4) is 0 Å². The van der Waals surface area contributed by atoms with Crippen LogP contribution in [0.15, 0.2) is 24.3 Å². The van der Waals surface area contributed by atoms with Crippen molar-refractivity contribution in [2.24, 2.45) is 11.8 Å². The molecule has 2 fully saturated rings. The molecule has 1 saturated carbocycles. The van der Waals surface area contributed by atoms with Gasteiger partial charge in [0.05, 0.1) is 19.3 Å². The van der Waals surface area contributed by atoms with E-state index in [2.05, 4.69) is 16.4 Å². The Balaban J connectivity index is 1.33. The van der Waals surface area contributed by atoms with Crippen LogP contribution in [0.25, 0.3) is 0 Å². The molecular formula is C30H36F6O4. The molecule has 1 heterocycles. The third-order valence-corrected chi connectivity index (χ3v) is 7.94. The van der Waals surface area contributed by atoms with Gasteiger partial charge < -0.3 is 18.9 Å². The van der Waals surface area contributed by atoms with Gasteiger partial charge in [-0.2, -0.15) is 22.0 Å². The molecule has 1 saturated heterocycles. The Morgan fingerprint density at radius 1 is 0.750 bits per heavy atom. The quantitative estimate of drug-likeness (QED) is 0.252. The van der Waals surface area contributed by atoms with Crippen LogP contribution in [-0.4, -0.2) is 32.0 Å². The van der Waals surface area contributed by atoms with Gasteiger partial charge in [0, 0.05) is 0 Å². The molecule has 0 bridgehead atoms. The summed E-state index contributed by atoms with van der Waals surface area (Å²) in [5.74, 6) is -7.14. The first kappa shape index (κ1) is 30.3. The summed E-state index contributed by atoms with van der Waals surface area (Å²) < 4.78 is 107. The van der Waals surface area contributed by atoms with Crippen molar-refractivity contribution in [1.29, 1.82) is 0 Å². The second-order valence-electron chi connectivity index (χ2n) is 10.6. The summed E-state index contributed by atoms with van der Waals surface area (Å²) in [6.45, 7) is 2.96. The largest absolute Gasteiger partial charge is 0.491 e. The second-order valence-corrected chi connectivity index (χ2v) is 10.6. The molecule has 1 aliphatic carbocycles. The third kappa shape index (κ3) is 7.17. The smallest absolute Gasteiger partial charge is 0.433 e. The molecule has 0 amide bonds. The molecule has 10 heteroatoms. The lowest BCUT2D eigenvalue weighted by Gasteiger charge is -2.38. The van der Waals surface area contributed by atoms with Crippen LogP contribution in [-0.2, 0) is 4.74 Å². The maximum absolute atomic E-state index is 15.0. The van der Waals surface area contributed by atoms with E-state index in [4.69, 9.17) is 9.47 Å². The van der Waals surface area contributed by atoms with E-state index in [1.807, 2.05) is 0 Å². The minimum absolute atomic E-state index is 0.0695. The summed E-state index contributed by atoms with van der Waals surface area (Å²) in [5.41, 5.74) is 0.137. The van der Waals surface area contributed by atoms with Crippen LogP contribution < -0.4 is 14.2 Å². The van der Waals surface area contributed by atoms with E-state index < -0.39 is 53.2 Å². The topological polar surface area (TPSA) is 36.9 Å². The van der Waals surface area contributed by atoms with E-state index in [1.165, 1.54) is 6.07 Å². The average molecular weight is 575 g/mol. The molecular weight excluding hydrogens is 538 g/mol. The van der Waals surface area contributed by atoms with Crippen molar-refractivity contribution in [3.8, 4) is 17.2 Å². The van der Waals surface area contributed by atoms with E-state index >= 15 is 0 Å². The lowest BCUT2D eigenvalue weighted by Crippen LogP contribution is -2.33. The summed E-state index contributed by atoms with van der Waals surface area (Å²) in [4.78, 5) is 0. The van der Waals surface area contributed by atoms with Gasteiger partial charge in [0.1, 0.15) is 0 Å². The summed E-state index contributed by atoms with van der Waals surface area (Å²) >= 11 is 0. The molecule has 0 N–H and O–H groups in total. The van der Waals surface area contributed by atoms with Crippen LogP contribution >= 0.6 is 0 Å². The highest BCUT2D eigenvalue weighted by atomic mass is 19.3. The molecule has 40 heavy (non-hydrogen) atoms. The van der Waals surface area contributed by atoms with Gasteiger partial charge in [-0.15, -0.1) is 0 Å². The van der Waals surface area contributed by atoms with Crippen molar-refractivity contribution in [1.82, 2.24) is 0 Å². The number of benzene rings is 2. The minimum Gasteiger partial charge on any atom is -0.491 e. The number of rotatable bonds is 11. The van der Waals surface area contributed by atoms with Gasteiger partial charge in [-0.25, -0.2) is 4.39 Å². The predicted molar refractivity (Wildman–Crippen MR) is 137 cm³/mol. The molecule has 1 aliphatic heterocycles. The van der Waals surface area contributed by atoms with E-state index in [0.29, 0.717) is 30.8 Å². The average Bonchev–Trinajstić information content (AvgIpc) is 2.94. The Bertz CT molecular complexity index is 1130. The Kier molecular flexibility index (Phi) is 10.1. The number of hydrogen-bond donors (Lipinski definition) is 0. The van der Waals surface area contributed by atoms with Crippen molar-refractivity contribution >= 4 is 0 Å². The van der Waals surface area contributed by atoms with Crippen LogP contribution in [0.4, 0.5) is 26.3 Å². The summed E-state index contributed by atoms with van der Waals surface area (Å²) in [7, 11) is 0. The molecule has 222 valence electrons. The molecule has 2 aromatic rings. The minimum atomic E-state index is -4.16. The van der Waals surface area contributed by atoms with Crippen molar-refractivity contribution < 1.29 is 45.3 Å². The highest BCUT2D eigenvalue weighted by molar-refractivity contribution is 5.35. The van der Waals surface area contributed by atoms with Crippen molar-refractivity contribution in [2.75, 3.05) is 19.8 Å². The van der Waals surface area contributed by atoms with Gasteiger partial charge in [0.25, 0.3) is 0 Å². The van der Waals surface area contributed by atoms with Crippen molar-refractivity contribution in [2.45, 2.75) is 83.3 Å². The zero-order valence-electron chi connectivity index (χ0n) is 22.8. The number of halogens is 6. The van der Waals surface area contributed by atoms with E-state index in [0.717, 1.165) is 63.3 Å². The fraction of sp³-hybridized carbons (Fsp3) is 0.600. The van der Waals surface area contributed by atoms with Crippen molar-refractivity contribution in [3.63, 3.8) is 0 Å². The maximum atomic E-state index is 15.0. The molecule has 0 aromatic heterocycles. The first-order valence-corrected chi connectivity index (χ1v) is 14.0. The monoisotopic (exact) mass is 574 g/mol. The Morgan fingerprint density at radius 3 is 1.95 bits per heavy atom. The number of ether oxygens (including phenoxy) is 4. The van der Waals surface area contributed by atoms with Crippen LogP contribution in [0.5, 0.6) is 17.2 Å². The number of hydrogen-bond acceptors (Lipinski definition) is 4. The van der Waals surface area contributed by atoms with Crippen molar-refractivity contribution in [3.05, 3.63) is 53.1 Å². The SMILES string of the molecule is CCCC1CCC(C2CCC(c3ccc(OC(F)(F)COc4ccc(OCC)c(F)c4F)c(F)c3F)CC2)CO1. The lowest BCUT2D eigenvalue weighted by molar-refractivity contribution is -0.197. The van der Waals surface area contributed by atoms with Gasteiger partial charge in [0.15, 0.2) is 29.7 Å². The zero-order chi connectivity index (χ0) is 28.9. The fourth-order valence-electron chi connectivity index (χ4n) is 5.83. The Hall–Kier alpha value is -2.62. The van der Waals surface area contributed by atoms with E-state index in [-0.39, 0.29) is 18.1 Å². The van der Waals surface area contributed by atoms with Gasteiger partial charge >= 0.3 is 6.11 Å². The molecule has 0 spiro atoms. The van der Waals surface area contributed by atoms with Gasteiger partial charge in [-0.1, -0.05) is 19.4 Å². The summed E-state index contributed by atoms with van der Waals surface area (Å²) in [6, 6.07) is 4.20. The Labute approximate surface area is 230 Å². The maximum Gasteiger partial charge on any atom is 0.433 e. The highest BCUT2D eigenvalue weighted by Gasteiger charge is 2.37. The zero-order valence-corrected chi connectivity index (χ0v) is 22.8. The predicted octanol–water partition coefficient (Wildman–Crippen LogP) is 8.56. The molecule has 2 aromatic carbocycles. The third-order valence-electron chi connectivity index (χ3n) is 7.94. The first-order chi connectivity index (χ1) is 19.1. The molecule has 2 aliphatic rings. The molecule has 0 radical (unpaired) electrons. The Morgan fingerprint density at radius 2 is 1.35 bits per heavy atom. The molecule has 2 unspecified atom stereocenters. The van der Waals surface area contributed by atoms with Gasteiger partial charge in [0.2, 0.25) is 17.5 Å². The lowest BCUT2D eigenvalue weighted by atomic mass is 9.72. The fourth-order valence-corrected chi connectivity index (χ4v) is 5.83. The summed E-state index contributed by atoms with van der Waals surface area (Å²) in [6.07, 6.45) is 3.61. The van der Waals surface area contributed by atoms with E-state index in [9.17, 15) is 26.3 Å². The summed E-state index contributed by atoms with van der Waals surface area (Å²) in [5, 5.41) is 0. The normalized spacial score (nSPS) is 23.6.